The molecule has 2 atom stereocenters. The minimum Gasteiger partial charge on any atom is -0.493 e. The van der Waals surface area contributed by atoms with E-state index < -0.39 is 0 Å². The number of ether oxygens (including phenoxy) is 3. The highest BCUT2D eigenvalue weighted by molar-refractivity contribution is 5.85. The van der Waals surface area contributed by atoms with E-state index >= 15 is 0 Å². The molecule has 0 aliphatic carbocycles. The van der Waals surface area contributed by atoms with Crippen molar-refractivity contribution in [2.75, 3.05) is 26.5 Å². The van der Waals surface area contributed by atoms with Crippen molar-refractivity contribution in [3.8, 4) is 17.2 Å². The van der Waals surface area contributed by atoms with Crippen molar-refractivity contribution in [3.05, 3.63) is 53.8 Å². The lowest BCUT2D eigenvalue weighted by molar-refractivity contribution is 0.173. The molecule has 2 aromatic carbocycles. The molecule has 0 bridgehead atoms. The second-order valence-electron chi connectivity index (χ2n) is 6.24. The van der Waals surface area contributed by atoms with Crippen LogP contribution in [0.5, 0.6) is 17.2 Å². The van der Waals surface area contributed by atoms with Crippen LogP contribution in [0.4, 0.5) is 4.39 Å². The fourth-order valence-electron chi connectivity index (χ4n) is 3.42. The first-order chi connectivity index (χ1) is 11.8. The zero-order chi connectivity index (χ0) is 16.4. The molecule has 0 radical (unpaired) electrons. The van der Waals surface area contributed by atoms with E-state index in [4.69, 9.17) is 14.2 Å². The van der Waals surface area contributed by atoms with Gasteiger partial charge in [-0.1, -0.05) is 12.1 Å². The Labute approximate surface area is 152 Å². The van der Waals surface area contributed by atoms with E-state index in [-0.39, 0.29) is 25.0 Å². The molecule has 25 heavy (non-hydrogen) atoms. The number of rotatable bonds is 4. The van der Waals surface area contributed by atoms with Crippen molar-refractivity contribution >= 4 is 12.4 Å². The van der Waals surface area contributed by atoms with Crippen LogP contribution in [0.25, 0.3) is 0 Å². The standard InChI is InChI=1S/C19H20FNO3.ClH/c20-15-3-1-13(2-4-15)17-7-8-21-10-14(17)11-22-16-5-6-18-19(9-16)24-12-23-18;/h1-6,9,14,17,21H,7-8,10-12H2;1H. The van der Waals surface area contributed by atoms with Gasteiger partial charge in [-0.15, -0.1) is 12.4 Å². The molecule has 0 spiro atoms. The summed E-state index contributed by atoms with van der Waals surface area (Å²) in [6.45, 7) is 2.74. The Morgan fingerprint density at radius 1 is 1.08 bits per heavy atom. The van der Waals surface area contributed by atoms with E-state index in [2.05, 4.69) is 5.32 Å². The Bertz CT molecular complexity index is 710. The van der Waals surface area contributed by atoms with Crippen molar-refractivity contribution in [3.63, 3.8) is 0 Å². The van der Waals surface area contributed by atoms with Gasteiger partial charge >= 0.3 is 0 Å². The maximum absolute atomic E-state index is 13.2. The Balaban J connectivity index is 0.00000182. The predicted octanol–water partition coefficient (Wildman–Crippen LogP) is 3.75. The SMILES string of the molecule is Cl.Fc1ccc(C2CCNCC2COc2ccc3c(c2)OCO3)cc1. The van der Waals surface area contributed by atoms with E-state index in [1.54, 1.807) is 0 Å². The van der Waals surface area contributed by atoms with Crippen LogP contribution >= 0.6 is 12.4 Å². The van der Waals surface area contributed by atoms with Gasteiger partial charge in [0.2, 0.25) is 6.79 Å². The minimum absolute atomic E-state index is 0. The summed E-state index contributed by atoms with van der Waals surface area (Å²) in [6, 6.07) is 12.5. The van der Waals surface area contributed by atoms with Crippen LogP contribution in [0, 0.1) is 11.7 Å². The summed E-state index contributed by atoms with van der Waals surface area (Å²) in [7, 11) is 0. The van der Waals surface area contributed by atoms with Crippen LogP contribution in [0.15, 0.2) is 42.5 Å². The van der Waals surface area contributed by atoms with Crippen LogP contribution in [-0.2, 0) is 0 Å². The number of hydrogen-bond acceptors (Lipinski definition) is 4. The smallest absolute Gasteiger partial charge is 0.231 e. The average molecular weight is 366 g/mol. The lowest BCUT2D eigenvalue weighted by Crippen LogP contribution is -2.38. The van der Waals surface area contributed by atoms with Gasteiger partial charge in [-0.05, 0) is 48.7 Å². The molecular weight excluding hydrogens is 345 g/mol. The highest BCUT2D eigenvalue weighted by Crippen LogP contribution is 2.36. The highest BCUT2D eigenvalue weighted by atomic mass is 35.5. The number of piperidine rings is 1. The molecule has 6 heteroatoms. The number of halogens is 2. The van der Waals surface area contributed by atoms with E-state index in [0.29, 0.717) is 18.4 Å². The van der Waals surface area contributed by atoms with Crippen LogP contribution in [0.2, 0.25) is 0 Å². The fourth-order valence-corrected chi connectivity index (χ4v) is 3.42. The van der Waals surface area contributed by atoms with Crippen LogP contribution < -0.4 is 19.5 Å². The largest absolute Gasteiger partial charge is 0.493 e. The van der Waals surface area contributed by atoms with Crippen molar-refractivity contribution in [1.29, 1.82) is 0 Å². The molecule has 0 aromatic heterocycles. The average Bonchev–Trinajstić information content (AvgIpc) is 3.09. The van der Waals surface area contributed by atoms with Crippen molar-refractivity contribution in [2.45, 2.75) is 12.3 Å². The molecule has 1 saturated heterocycles. The molecule has 134 valence electrons. The van der Waals surface area contributed by atoms with Crippen molar-refractivity contribution in [1.82, 2.24) is 5.32 Å². The zero-order valence-corrected chi connectivity index (χ0v) is 14.6. The topological polar surface area (TPSA) is 39.7 Å². The third-order valence-corrected chi connectivity index (χ3v) is 4.71. The van der Waals surface area contributed by atoms with Gasteiger partial charge in [0.1, 0.15) is 11.6 Å². The molecule has 2 aromatic rings. The van der Waals surface area contributed by atoms with Gasteiger partial charge in [0.15, 0.2) is 11.5 Å². The second-order valence-corrected chi connectivity index (χ2v) is 6.24. The monoisotopic (exact) mass is 365 g/mol. The first-order valence-corrected chi connectivity index (χ1v) is 8.28. The first-order valence-electron chi connectivity index (χ1n) is 8.28. The van der Waals surface area contributed by atoms with Gasteiger partial charge in [0.25, 0.3) is 0 Å². The summed E-state index contributed by atoms with van der Waals surface area (Å²) in [6.07, 6.45) is 1.03. The molecule has 2 aliphatic heterocycles. The quantitative estimate of drug-likeness (QED) is 0.895. The number of nitrogens with one attached hydrogen (secondary N) is 1. The summed E-state index contributed by atoms with van der Waals surface area (Å²) in [5.41, 5.74) is 1.18. The summed E-state index contributed by atoms with van der Waals surface area (Å²) in [4.78, 5) is 0. The predicted molar refractivity (Wildman–Crippen MR) is 95.4 cm³/mol. The Kier molecular flexibility index (Phi) is 5.66. The molecule has 1 N–H and O–H groups in total. The zero-order valence-electron chi connectivity index (χ0n) is 13.7. The second kappa shape index (κ2) is 7.93. The normalized spacial score (nSPS) is 21.5. The molecule has 0 saturated carbocycles. The molecular formula is C19H21ClFNO3. The Morgan fingerprint density at radius 3 is 2.72 bits per heavy atom. The molecule has 0 amide bonds. The number of fused-ring (bicyclic) bond motifs is 1. The third-order valence-electron chi connectivity index (χ3n) is 4.71. The van der Waals surface area contributed by atoms with Gasteiger partial charge in [0, 0.05) is 18.5 Å². The Morgan fingerprint density at radius 2 is 1.88 bits per heavy atom. The summed E-state index contributed by atoms with van der Waals surface area (Å²) >= 11 is 0. The molecule has 2 aliphatic rings. The molecule has 4 nitrogen and oxygen atoms in total. The van der Waals surface area contributed by atoms with Crippen LogP contribution in [0.1, 0.15) is 17.9 Å². The lowest BCUT2D eigenvalue weighted by Gasteiger charge is -2.32. The summed E-state index contributed by atoms with van der Waals surface area (Å²) in [5, 5.41) is 3.43. The van der Waals surface area contributed by atoms with Gasteiger partial charge in [0.05, 0.1) is 6.61 Å². The van der Waals surface area contributed by atoms with Crippen LogP contribution in [0.3, 0.4) is 0 Å². The van der Waals surface area contributed by atoms with Gasteiger partial charge < -0.3 is 19.5 Å². The first kappa shape index (κ1) is 17.8. The van der Waals surface area contributed by atoms with Crippen molar-refractivity contribution in [2.24, 2.45) is 5.92 Å². The molecule has 2 unspecified atom stereocenters. The van der Waals surface area contributed by atoms with Gasteiger partial charge in [-0.2, -0.15) is 0 Å². The summed E-state index contributed by atoms with van der Waals surface area (Å²) in [5.74, 6) is 2.79. The van der Waals surface area contributed by atoms with E-state index in [0.717, 1.165) is 36.8 Å². The van der Waals surface area contributed by atoms with E-state index in [1.165, 1.54) is 17.7 Å². The van der Waals surface area contributed by atoms with Gasteiger partial charge in [-0.3, -0.25) is 0 Å². The van der Waals surface area contributed by atoms with Gasteiger partial charge in [-0.25, -0.2) is 4.39 Å². The molecule has 4 rings (SSSR count). The maximum Gasteiger partial charge on any atom is 0.231 e. The lowest BCUT2D eigenvalue weighted by atomic mass is 9.81. The highest BCUT2D eigenvalue weighted by Gasteiger charge is 2.27. The molecule has 2 heterocycles. The molecule has 1 fully saturated rings. The van der Waals surface area contributed by atoms with Crippen LogP contribution in [-0.4, -0.2) is 26.5 Å². The Hall–Kier alpha value is -1.98. The van der Waals surface area contributed by atoms with Crippen molar-refractivity contribution < 1.29 is 18.6 Å². The number of hydrogen-bond donors (Lipinski definition) is 1. The van der Waals surface area contributed by atoms with E-state index in [1.807, 2.05) is 30.3 Å². The maximum atomic E-state index is 13.2. The third kappa shape index (κ3) is 3.99. The van der Waals surface area contributed by atoms with E-state index in [9.17, 15) is 4.39 Å². The minimum atomic E-state index is -0.194. The fraction of sp³-hybridized carbons (Fsp3) is 0.368. The summed E-state index contributed by atoms with van der Waals surface area (Å²) < 4.78 is 29.9. The number of benzene rings is 2.